The number of nitrogens with one attached hydrogen (secondary N) is 2. The molecule has 1 saturated heterocycles. The van der Waals surface area contributed by atoms with E-state index in [4.69, 9.17) is 9.47 Å². The molecule has 1 aliphatic heterocycles. The Hall–Kier alpha value is -4.06. The van der Waals surface area contributed by atoms with E-state index in [9.17, 15) is 9.59 Å². The Morgan fingerprint density at radius 3 is 1.87 bits per heavy atom. The maximum atomic E-state index is 11.8. The predicted molar refractivity (Wildman–Crippen MR) is 113 cm³/mol. The van der Waals surface area contributed by atoms with Crippen LogP contribution >= 0.6 is 0 Å². The molecule has 2 N–H and O–H groups in total. The minimum atomic E-state index is -0.533. The summed E-state index contributed by atoms with van der Waals surface area (Å²) >= 11 is 0. The fraction of sp³-hybridized carbons (Fsp3) is 0.0833. The van der Waals surface area contributed by atoms with Crippen molar-refractivity contribution in [2.45, 2.75) is 13.2 Å². The summed E-state index contributed by atoms with van der Waals surface area (Å²) in [7, 11) is 0. The lowest BCUT2D eigenvalue weighted by Crippen LogP contribution is -2.22. The van der Waals surface area contributed by atoms with Gasteiger partial charge in [0.2, 0.25) is 0 Å². The molecular weight excluding hydrogens is 380 g/mol. The maximum Gasteiger partial charge on any atom is 0.326 e. The molecule has 0 spiro atoms. The van der Waals surface area contributed by atoms with Crippen LogP contribution in [0, 0.1) is 0 Å². The smallest absolute Gasteiger partial charge is 0.326 e. The summed E-state index contributed by atoms with van der Waals surface area (Å²) in [6.45, 7) is 0.779. The van der Waals surface area contributed by atoms with E-state index in [-0.39, 0.29) is 5.70 Å². The molecule has 1 heterocycles. The van der Waals surface area contributed by atoms with Crippen molar-refractivity contribution in [2.24, 2.45) is 0 Å². The van der Waals surface area contributed by atoms with Crippen molar-refractivity contribution in [3.63, 3.8) is 0 Å². The average Bonchev–Trinajstić information content (AvgIpc) is 3.09. The number of ether oxygens (including phenoxy) is 2. The number of hydrogen-bond donors (Lipinski definition) is 2. The molecule has 0 saturated carbocycles. The zero-order chi connectivity index (χ0) is 20.8. The van der Waals surface area contributed by atoms with Crippen LogP contribution in [0.25, 0.3) is 6.08 Å². The molecule has 0 bridgehead atoms. The molecule has 0 aliphatic carbocycles. The van der Waals surface area contributed by atoms with E-state index in [1.54, 1.807) is 24.3 Å². The van der Waals surface area contributed by atoms with Crippen molar-refractivity contribution in [1.29, 1.82) is 0 Å². The summed E-state index contributed by atoms with van der Waals surface area (Å²) in [6, 6.07) is 24.5. The normalized spacial score (nSPS) is 14.3. The van der Waals surface area contributed by atoms with Crippen molar-refractivity contribution >= 4 is 18.0 Å². The summed E-state index contributed by atoms with van der Waals surface area (Å²) in [4.78, 5) is 23.1. The standard InChI is InChI=1S/C24H20N2O4/c27-23-20(25-24(28)26-23)13-19-11-12-21(29-15-17-7-3-1-4-8-17)22(14-19)30-16-18-9-5-2-6-10-18/h1-14H,15-16H2,(H2,25,26,27,28)/b20-13-. The van der Waals surface area contributed by atoms with Gasteiger partial charge in [-0.1, -0.05) is 66.7 Å². The quantitative estimate of drug-likeness (QED) is 0.464. The van der Waals surface area contributed by atoms with Crippen LogP contribution in [-0.2, 0) is 18.0 Å². The Morgan fingerprint density at radius 2 is 1.30 bits per heavy atom. The lowest BCUT2D eigenvalue weighted by molar-refractivity contribution is -0.115. The molecule has 1 aliphatic rings. The van der Waals surface area contributed by atoms with Gasteiger partial charge in [-0.05, 0) is 34.9 Å². The molecule has 6 heteroatoms. The van der Waals surface area contributed by atoms with E-state index in [1.165, 1.54) is 0 Å². The van der Waals surface area contributed by atoms with Crippen LogP contribution in [0.1, 0.15) is 16.7 Å². The second-order valence-corrected chi connectivity index (χ2v) is 6.72. The fourth-order valence-electron chi connectivity index (χ4n) is 2.97. The number of imide groups is 1. The summed E-state index contributed by atoms with van der Waals surface area (Å²) in [5.74, 6) is 0.682. The highest BCUT2D eigenvalue weighted by Crippen LogP contribution is 2.31. The fourth-order valence-corrected chi connectivity index (χ4v) is 2.97. The monoisotopic (exact) mass is 400 g/mol. The highest BCUT2D eigenvalue weighted by Gasteiger charge is 2.22. The third-order valence-corrected chi connectivity index (χ3v) is 4.47. The van der Waals surface area contributed by atoms with Crippen LogP contribution in [0.3, 0.4) is 0 Å². The molecule has 0 atom stereocenters. The Labute approximate surface area is 174 Å². The Bertz CT molecular complexity index is 1080. The van der Waals surface area contributed by atoms with Gasteiger partial charge in [-0.15, -0.1) is 0 Å². The van der Waals surface area contributed by atoms with Crippen LogP contribution in [0.4, 0.5) is 4.79 Å². The van der Waals surface area contributed by atoms with Gasteiger partial charge >= 0.3 is 6.03 Å². The van der Waals surface area contributed by atoms with Gasteiger partial charge in [0.05, 0.1) is 0 Å². The zero-order valence-electron chi connectivity index (χ0n) is 16.1. The molecule has 4 rings (SSSR count). The predicted octanol–water partition coefficient (Wildman–Crippen LogP) is 4.02. The highest BCUT2D eigenvalue weighted by atomic mass is 16.5. The van der Waals surface area contributed by atoms with Crippen molar-refractivity contribution in [2.75, 3.05) is 0 Å². The lowest BCUT2D eigenvalue weighted by atomic mass is 10.1. The summed E-state index contributed by atoms with van der Waals surface area (Å²) < 4.78 is 12.0. The largest absolute Gasteiger partial charge is 0.485 e. The van der Waals surface area contributed by atoms with Crippen LogP contribution in [0.15, 0.2) is 84.6 Å². The summed E-state index contributed by atoms with van der Waals surface area (Å²) in [5.41, 5.74) is 2.96. The molecular formula is C24H20N2O4. The number of carbonyl (C=O) groups excluding carboxylic acids is 2. The lowest BCUT2D eigenvalue weighted by Gasteiger charge is -2.14. The Kier molecular flexibility index (Phi) is 5.75. The van der Waals surface area contributed by atoms with Gasteiger partial charge in [0, 0.05) is 0 Å². The molecule has 1 fully saturated rings. The maximum absolute atomic E-state index is 11.8. The van der Waals surface area contributed by atoms with E-state index >= 15 is 0 Å². The molecule has 0 unspecified atom stereocenters. The molecule has 3 amide bonds. The first-order valence-corrected chi connectivity index (χ1v) is 9.49. The Balaban J connectivity index is 1.57. The second kappa shape index (κ2) is 8.96. The number of carbonyl (C=O) groups is 2. The van der Waals surface area contributed by atoms with Crippen molar-refractivity contribution in [1.82, 2.24) is 10.6 Å². The van der Waals surface area contributed by atoms with Crippen LogP contribution < -0.4 is 20.1 Å². The van der Waals surface area contributed by atoms with Crippen LogP contribution in [-0.4, -0.2) is 11.9 Å². The zero-order valence-corrected chi connectivity index (χ0v) is 16.1. The SMILES string of the molecule is O=C1NC(=O)/C(=C/c2ccc(OCc3ccccc3)c(OCc3ccccc3)c2)N1. The number of rotatable bonds is 7. The topological polar surface area (TPSA) is 76.7 Å². The van der Waals surface area contributed by atoms with Crippen molar-refractivity contribution < 1.29 is 19.1 Å². The van der Waals surface area contributed by atoms with E-state index in [2.05, 4.69) is 10.6 Å². The van der Waals surface area contributed by atoms with Crippen LogP contribution in [0.2, 0.25) is 0 Å². The van der Waals surface area contributed by atoms with Gasteiger partial charge in [-0.2, -0.15) is 0 Å². The number of urea groups is 1. The molecule has 6 nitrogen and oxygen atoms in total. The minimum Gasteiger partial charge on any atom is -0.485 e. The number of amides is 3. The van der Waals surface area contributed by atoms with E-state index in [0.717, 1.165) is 11.1 Å². The van der Waals surface area contributed by atoms with Gasteiger partial charge in [-0.25, -0.2) is 4.79 Å². The first-order chi connectivity index (χ1) is 14.7. The van der Waals surface area contributed by atoms with E-state index < -0.39 is 11.9 Å². The molecule has 0 radical (unpaired) electrons. The highest BCUT2D eigenvalue weighted by molar-refractivity contribution is 6.14. The van der Waals surface area contributed by atoms with Gasteiger partial charge < -0.3 is 14.8 Å². The third-order valence-electron chi connectivity index (χ3n) is 4.47. The van der Waals surface area contributed by atoms with E-state index in [0.29, 0.717) is 30.3 Å². The summed E-state index contributed by atoms with van der Waals surface area (Å²) in [6.07, 6.45) is 1.59. The van der Waals surface area contributed by atoms with Crippen molar-refractivity contribution in [3.8, 4) is 11.5 Å². The second-order valence-electron chi connectivity index (χ2n) is 6.72. The number of hydrogen-bond acceptors (Lipinski definition) is 4. The average molecular weight is 400 g/mol. The van der Waals surface area contributed by atoms with E-state index in [1.807, 2.05) is 60.7 Å². The first-order valence-electron chi connectivity index (χ1n) is 9.49. The first kappa shape index (κ1) is 19.3. The van der Waals surface area contributed by atoms with Crippen molar-refractivity contribution in [3.05, 3.63) is 101 Å². The molecule has 0 aromatic heterocycles. The van der Waals surface area contributed by atoms with Gasteiger partial charge in [0.25, 0.3) is 5.91 Å². The molecule has 3 aromatic carbocycles. The third kappa shape index (κ3) is 4.86. The van der Waals surface area contributed by atoms with Gasteiger partial charge in [0.1, 0.15) is 18.9 Å². The van der Waals surface area contributed by atoms with Gasteiger partial charge in [-0.3, -0.25) is 10.1 Å². The van der Waals surface area contributed by atoms with Gasteiger partial charge in [0.15, 0.2) is 11.5 Å². The summed E-state index contributed by atoms with van der Waals surface area (Å²) in [5, 5.41) is 4.67. The Morgan fingerprint density at radius 1 is 0.700 bits per heavy atom. The van der Waals surface area contributed by atoms with Crippen LogP contribution in [0.5, 0.6) is 11.5 Å². The number of benzene rings is 3. The molecule has 30 heavy (non-hydrogen) atoms. The minimum absolute atomic E-state index is 0.187. The molecule has 150 valence electrons. The molecule has 3 aromatic rings.